The smallest absolute Gasteiger partial charge is 0.133 e. The van der Waals surface area contributed by atoms with Crippen molar-refractivity contribution in [2.24, 2.45) is 5.92 Å². The fourth-order valence-corrected chi connectivity index (χ4v) is 1.99. The van der Waals surface area contributed by atoms with Crippen LogP contribution in [0.2, 0.25) is 0 Å². The molecule has 0 fully saturated rings. The zero-order valence-corrected chi connectivity index (χ0v) is 11.5. The number of hydrogen-bond donors (Lipinski definition) is 0. The van der Waals surface area contributed by atoms with Crippen molar-refractivity contribution >= 4 is 5.78 Å². The molecule has 0 aromatic carbocycles. The molecular weight excluding hydrogens is 212 g/mol. The molecule has 1 aromatic heterocycles. The van der Waals surface area contributed by atoms with Crippen LogP contribution in [0.5, 0.6) is 0 Å². The van der Waals surface area contributed by atoms with Crippen LogP contribution in [0.3, 0.4) is 0 Å². The van der Waals surface area contributed by atoms with Gasteiger partial charge in [0.15, 0.2) is 0 Å². The maximum Gasteiger partial charge on any atom is 0.133 e. The summed E-state index contributed by atoms with van der Waals surface area (Å²) in [4.78, 5) is 11.7. The molecule has 0 atom stereocenters. The first-order chi connectivity index (χ1) is 8.06. The highest BCUT2D eigenvalue weighted by molar-refractivity contribution is 5.78. The summed E-state index contributed by atoms with van der Waals surface area (Å²) in [6.45, 7) is 9.25. The van der Waals surface area contributed by atoms with Crippen LogP contribution in [0.25, 0.3) is 0 Å². The second-order valence-corrected chi connectivity index (χ2v) is 4.93. The van der Waals surface area contributed by atoms with Crippen molar-refractivity contribution in [2.75, 3.05) is 0 Å². The van der Waals surface area contributed by atoms with Crippen molar-refractivity contribution < 1.29 is 4.79 Å². The highest BCUT2D eigenvalue weighted by Gasteiger charge is 2.09. The zero-order valence-electron chi connectivity index (χ0n) is 11.5. The molecule has 1 heterocycles. The minimum absolute atomic E-state index is 0.363. The lowest BCUT2D eigenvalue weighted by Gasteiger charge is -2.05. The first kappa shape index (κ1) is 13.9. The zero-order chi connectivity index (χ0) is 12.8. The Morgan fingerprint density at radius 1 is 1.41 bits per heavy atom. The summed E-state index contributed by atoms with van der Waals surface area (Å²) >= 11 is 0. The van der Waals surface area contributed by atoms with Crippen LogP contribution in [0.4, 0.5) is 0 Å². The third-order valence-electron chi connectivity index (χ3n) is 2.87. The fraction of sp³-hybridized carbons (Fsp3) is 0.714. The summed E-state index contributed by atoms with van der Waals surface area (Å²) in [5, 5.41) is 4.49. The number of Topliss-reactive ketones (excluding diaryl/α,β-unsaturated/α-hetero) is 1. The molecule has 0 amide bonds. The number of carbonyl (C=O) groups excluding carboxylic acids is 1. The van der Waals surface area contributed by atoms with Gasteiger partial charge in [0.05, 0.1) is 5.69 Å². The van der Waals surface area contributed by atoms with Crippen LogP contribution >= 0.6 is 0 Å². The highest BCUT2D eigenvalue weighted by Crippen LogP contribution is 2.10. The molecule has 1 aromatic rings. The predicted molar refractivity (Wildman–Crippen MR) is 70.1 cm³/mol. The van der Waals surface area contributed by atoms with E-state index in [1.54, 1.807) is 0 Å². The van der Waals surface area contributed by atoms with Gasteiger partial charge >= 0.3 is 0 Å². The van der Waals surface area contributed by atoms with Gasteiger partial charge in [0.25, 0.3) is 0 Å². The van der Waals surface area contributed by atoms with Gasteiger partial charge in [-0.1, -0.05) is 20.8 Å². The van der Waals surface area contributed by atoms with E-state index in [9.17, 15) is 4.79 Å². The number of aryl methyl sites for hydroxylation is 3. The normalized spacial score (nSPS) is 11.1. The van der Waals surface area contributed by atoms with E-state index in [1.807, 2.05) is 4.68 Å². The summed E-state index contributed by atoms with van der Waals surface area (Å²) in [6, 6.07) is 2.13. The summed E-state index contributed by atoms with van der Waals surface area (Å²) in [6.07, 6.45) is 3.13. The summed E-state index contributed by atoms with van der Waals surface area (Å²) in [7, 11) is 0. The first-order valence-electron chi connectivity index (χ1n) is 6.64. The number of hydrogen-bond acceptors (Lipinski definition) is 2. The van der Waals surface area contributed by atoms with Crippen LogP contribution in [-0.4, -0.2) is 15.6 Å². The standard InChI is InChI=1S/C14H24N2O/c1-5-12-10-13(16(6-2)15-12)7-8-14(17)9-11(3)4/h10-11H,5-9H2,1-4H3. The maximum absolute atomic E-state index is 11.7. The second-order valence-electron chi connectivity index (χ2n) is 4.93. The van der Waals surface area contributed by atoms with Gasteiger partial charge in [-0.3, -0.25) is 9.48 Å². The number of ketones is 1. The third-order valence-corrected chi connectivity index (χ3v) is 2.87. The Kier molecular flexibility index (Phi) is 5.39. The van der Waals surface area contributed by atoms with Crippen molar-refractivity contribution in [1.29, 1.82) is 0 Å². The Morgan fingerprint density at radius 3 is 2.65 bits per heavy atom. The fourth-order valence-electron chi connectivity index (χ4n) is 1.99. The molecule has 0 aliphatic heterocycles. The largest absolute Gasteiger partial charge is 0.300 e. The quantitative estimate of drug-likeness (QED) is 0.729. The van der Waals surface area contributed by atoms with E-state index >= 15 is 0 Å². The summed E-state index contributed by atoms with van der Waals surface area (Å²) < 4.78 is 2.02. The average molecular weight is 236 g/mol. The number of aromatic nitrogens is 2. The minimum atomic E-state index is 0.363. The molecule has 3 nitrogen and oxygen atoms in total. The molecule has 0 saturated carbocycles. The Morgan fingerprint density at radius 2 is 2.12 bits per heavy atom. The molecule has 0 aliphatic rings. The predicted octanol–water partition coefficient (Wildman–Crippen LogP) is 3.01. The van der Waals surface area contributed by atoms with Crippen molar-refractivity contribution in [3.05, 3.63) is 17.5 Å². The van der Waals surface area contributed by atoms with Crippen LogP contribution in [-0.2, 0) is 24.2 Å². The van der Waals surface area contributed by atoms with Gasteiger partial charge in [0.2, 0.25) is 0 Å². The Labute approximate surface area is 104 Å². The van der Waals surface area contributed by atoms with Gasteiger partial charge in [-0.05, 0) is 31.7 Å². The molecule has 1 rings (SSSR count). The average Bonchev–Trinajstić information content (AvgIpc) is 2.67. The molecule has 0 spiro atoms. The lowest BCUT2D eigenvalue weighted by atomic mass is 10.0. The van der Waals surface area contributed by atoms with Crippen molar-refractivity contribution in [3.8, 4) is 0 Å². The third kappa shape index (κ3) is 4.33. The molecule has 96 valence electrons. The number of rotatable bonds is 7. The van der Waals surface area contributed by atoms with Crippen LogP contribution in [0.1, 0.15) is 51.9 Å². The van der Waals surface area contributed by atoms with Gasteiger partial charge < -0.3 is 0 Å². The lowest BCUT2D eigenvalue weighted by molar-refractivity contribution is -0.119. The van der Waals surface area contributed by atoms with E-state index in [0.717, 1.165) is 25.1 Å². The molecule has 17 heavy (non-hydrogen) atoms. The van der Waals surface area contributed by atoms with Gasteiger partial charge in [0, 0.05) is 25.1 Å². The van der Waals surface area contributed by atoms with Crippen molar-refractivity contribution in [1.82, 2.24) is 9.78 Å². The number of nitrogens with zero attached hydrogens (tertiary/aromatic N) is 2. The molecule has 0 unspecified atom stereocenters. The van der Waals surface area contributed by atoms with Crippen LogP contribution in [0.15, 0.2) is 6.07 Å². The van der Waals surface area contributed by atoms with Crippen LogP contribution < -0.4 is 0 Å². The molecule has 0 N–H and O–H groups in total. The SMILES string of the molecule is CCc1cc(CCC(=O)CC(C)C)n(CC)n1. The van der Waals surface area contributed by atoms with E-state index < -0.39 is 0 Å². The summed E-state index contributed by atoms with van der Waals surface area (Å²) in [5.74, 6) is 0.826. The van der Waals surface area contributed by atoms with Crippen molar-refractivity contribution in [3.63, 3.8) is 0 Å². The maximum atomic E-state index is 11.7. The molecule has 0 radical (unpaired) electrons. The number of carbonyl (C=O) groups is 1. The Hall–Kier alpha value is -1.12. The highest BCUT2D eigenvalue weighted by atomic mass is 16.1. The van der Waals surface area contributed by atoms with Gasteiger partial charge in [0.1, 0.15) is 5.78 Å². The van der Waals surface area contributed by atoms with Gasteiger partial charge in [-0.15, -0.1) is 0 Å². The van der Waals surface area contributed by atoms with Crippen molar-refractivity contribution in [2.45, 2.75) is 59.9 Å². The van der Waals surface area contributed by atoms with E-state index in [1.165, 1.54) is 5.69 Å². The molecule has 0 saturated heterocycles. The monoisotopic (exact) mass is 236 g/mol. The van der Waals surface area contributed by atoms with Crippen LogP contribution in [0, 0.1) is 5.92 Å². The van der Waals surface area contributed by atoms with E-state index in [2.05, 4.69) is 38.9 Å². The van der Waals surface area contributed by atoms with E-state index in [4.69, 9.17) is 0 Å². The Bertz CT molecular complexity index is 366. The molecule has 3 heteroatoms. The Balaban J connectivity index is 2.56. The molecule has 0 aliphatic carbocycles. The summed E-state index contributed by atoms with van der Waals surface area (Å²) in [5.41, 5.74) is 2.32. The first-order valence-corrected chi connectivity index (χ1v) is 6.64. The topological polar surface area (TPSA) is 34.9 Å². The molecular formula is C14H24N2O. The second kappa shape index (κ2) is 6.58. The molecule has 0 bridgehead atoms. The van der Waals surface area contributed by atoms with E-state index in [-0.39, 0.29) is 0 Å². The van der Waals surface area contributed by atoms with Gasteiger partial charge in [-0.25, -0.2) is 0 Å². The lowest BCUT2D eigenvalue weighted by Crippen LogP contribution is -2.08. The van der Waals surface area contributed by atoms with E-state index in [0.29, 0.717) is 24.5 Å². The minimum Gasteiger partial charge on any atom is -0.300 e. The van der Waals surface area contributed by atoms with Gasteiger partial charge in [-0.2, -0.15) is 5.10 Å².